The zero-order chi connectivity index (χ0) is 10.2. The van der Waals surface area contributed by atoms with Crippen LogP contribution < -0.4 is 0 Å². The molecule has 1 aliphatic heterocycles. The number of hydrogen-bond donors (Lipinski definition) is 0. The first kappa shape index (κ1) is 9.66. The van der Waals surface area contributed by atoms with Gasteiger partial charge in [-0.15, -0.1) is 0 Å². The molecule has 0 N–H and O–H groups in total. The predicted octanol–water partition coefficient (Wildman–Crippen LogP) is 2.63. The topological polar surface area (TPSA) is 16.1 Å². The van der Waals surface area contributed by atoms with Crippen molar-refractivity contribution in [2.24, 2.45) is 0 Å². The SMILES string of the molecule is CN1C(c2cccnc2)CCC1(C)C. The fraction of sp³-hybridized carbons (Fsp3) is 0.583. The molecule has 1 atom stereocenters. The Hall–Kier alpha value is -0.890. The molecule has 0 bridgehead atoms. The van der Waals surface area contributed by atoms with E-state index in [9.17, 15) is 0 Å². The van der Waals surface area contributed by atoms with Crippen LogP contribution in [0, 0.1) is 0 Å². The molecule has 2 rings (SSSR count). The molecule has 2 nitrogen and oxygen atoms in total. The highest BCUT2D eigenvalue weighted by Gasteiger charge is 2.36. The van der Waals surface area contributed by atoms with E-state index in [0.29, 0.717) is 11.6 Å². The molecule has 76 valence electrons. The van der Waals surface area contributed by atoms with E-state index >= 15 is 0 Å². The van der Waals surface area contributed by atoms with E-state index in [1.54, 1.807) is 0 Å². The Labute approximate surface area is 86.0 Å². The zero-order valence-corrected chi connectivity index (χ0v) is 9.20. The van der Waals surface area contributed by atoms with E-state index in [2.05, 4.69) is 36.8 Å². The quantitative estimate of drug-likeness (QED) is 0.676. The monoisotopic (exact) mass is 190 g/mol. The predicted molar refractivity (Wildman–Crippen MR) is 58.1 cm³/mol. The number of hydrogen-bond acceptors (Lipinski definition) is 2. The molecule has 1 aromatic rings. The van der Waals surface area contributed by atoms with Gasteiger partial charge >= 0.3 is 0 Å². The lowest BCUT2D eigenvalue weighted by Gasteiger charge is -2.31. The minimum absolute atomic E-state index is 0.334. The molecule has 1 unspecified atom stereocenters. The van der Waals surface area contributed by atoms with Gasteiger partial charge in [-0.2, -0.15) is 0 Å². The normalized spacial score (nSPS) is 26.6. The van der Waals surface area contributed by atoms with Crippen LogP contribution in [0.15, 0.2) is 24.5 Å². The summed E-state index contributed by atoms with van der Waals surface area (Å²) >= 11 is 0. The highest BCUT2D eigenvalue weighted by molar-refractivity contribution is 5.17. The van der Waals surface area contributed by atoms with Gasteiger partial charge in [-0.3, -0.25) is 9.88 Å². The Balaban J connectivity index is 2.23. The van der Waals surface area contributed by atoms with Crippen molar-refractivity contribution >= 4 is 0 Å². The molecule has 1 fully saturated rings. The summed E-state index contributed by atoms with van der Waals surface area (Å²) in [5.41, 5.74) is 1.68. The summed E-state index contributed by atoms with van der Waals surface area (Å²) in [6, 6.07) is 4.75. The standard InChI is InChI=1S/C12H18N2/c1-12(2)7-6-11(14(12)3)10-5-4-8-13-9-10/h4-5,8-9,11H,6-7H2,1-3H3. The van der Waals surface area contributed by atoms with Gasteiger partial charge in [0.25, 0.3) is 0 Å². The van der Waals surface area contributed by atoms with E-state index in [4.69, 9.17) is 0 Å². The van der Waals surface area contributed by atoms with E-state index in [-0.39, 0.29) is 0 Å². The summed E-state index contributed by atoms with van der Waals surface area (Å²) in [6.45, 7) is 4.62. The smallest absolute Gasteiger partial charge is 0.0366 e. The zero-order valence-electron chi connectivity index (χ0n) is 9.20. The summed E-state index contributed by atoms with van der Waals surface area (Å²) in [6.07, 6.45) is 6.34. The van der Waals surface area contributed by atoms with Gasteiger partial charge in [0.2, 0.25) is 0 Å². The second-order valence-electron chi connectivity index (χ2n) is 4.76. The van der Waals surface area contributed by atoms with Gasteiger partial charge in [-0.1, -0.05) is 6.07 Å². The molecule has 0 aromatic carbocycles. The number of likely N-dealkylation sites (tertiary alicyclic amines) is 1. The molecule has 0 radical (unpaired) electrons. The van der Waals surface area contributed by atoms with Gasteiger partial charge in [0.05, 0.1) is 0 Å². The number of rotatable bonds is 1. The average molecular weight is 190 g/mol. The van der Waals surface area contributed by atoms with Crippen molar-refractivity contribution in [3.63, 3.8) is 0 Å². The third-order valence-electron chi connectivity index (χ3n) is 3.52. The molecule has 0 spiro atoms. The fourth-order valence-corrected chi connectivity index (χ4v) is 2.25. The van der Waals surface area contributed by atoms with Crippen LogP contribution in [0.1, 0.15) is 38.3 Å². The maximum atomic E-state index is 4.18. The molecule has 2 heterocycles. The van der Waals surface area contributed by atoms with Gasteiger partial charge in [-0.05, 0) is 45.4 Å². The molecular weight excluding hydrogens is 172 g/mol. The summed E-state index contributed by atoms with van der Waals surface area (Å²) in [4.78, 5) is 6.65. The van der Waals surface area contributed by atoms with Crippen molar-refractivity contribution in [2.45, 2.75) is 38.3 Å². The average Bonchev–Trinajstić information content (AvgIpc) is 2.44. The Morgan fingerprint density at radius 1 is 1.50 bits per heavy atom. The molecule has 1 aromatic heterocycles. The first-order valence-corrected chi connectivity index (χ1v) is 5.24. The highest BCUT2D eigenvalue weighted by Crippen LogP contribution is 2.40. The van der Waals surface area contributed by atoms with Gasteiger partial charge in [0, 0.05) is 24.0 Å². The molecule has 14 heavy (non-hydrogen) atoms. The van der Waals surface area contributed by atoms with Crippen molar-refractivity contribution in [3.05, 3.63) is 30.1 Å². The van der Waals surface area contributed by atoms with Crippen molar-refractivity contribution in [1.29, 1.82) is 0 Å². The van der Waals surface area contributed by atoms with Gasteiger partial charge < -0.3 is 0 Å². The first-order chi connectivity index (χ1) is 6.61. The minimum Gasteiger partial charge on any atom is -0.294 e. The number of aromatic nitrogens is 1. The summed E-state index contributed by atoms with van der Waals surface area (Å²) < 4.78 is 0. The van der Waals surface area contributed by atoms with Crippen molar-refractivity contribution in [3.8, 4) is 0 Å². The molecule has 2 heteroatoms. The maximum absolute atomic E-state index is 4.18. The largest absolute Gasteiger partial charge is 0.294 e. The van der Waals surface area contributed by atoms with Crippen LogP contribution in [0.25, 0.3) is 0 Å². The first-order valence-electron chi connectivity index (χ1n) is 5.24. The fourth-order valence-electron chi connectivity index (χ4n) is 2.25. The second kappa shape index (κ2) is 3.35. The third kappa shape index (κ3) is 1.55. The van der Waals surface area contributed by atoms with E-state index < -0.39 is 0 Å². The van der Waals surface area contributed by atoms with E-state index in [1.807, 2.05) is 18.5 Å². The van der Waals surface area contributed by atoms with Crippen molar-refractivity contribution in [1.82, 2.24) is 9.88 Å². The lowest BCUT2D eigenvalue weighted by Crippen LogP contribution is -2.36. The molecule has 1 aliphatic rings. The van der Waals surface area contributed by atoms with Crippen molar-refractivity contribution in [2.75, 3.05) is 7.05 Å². The maximum Gasteiger partial charge on any atom is 0.0366 e. The van der Waals surface area contributed by atoms with Crippen LogP contribution in [0.5, 0.6) is 0 Å². The van der Waals surface area contributed by atoms with Gasteiger partial charge in [-0.25, -0.2) is 0 Å². The summed E-state index contributed by atoms with van der Waals surface area (Å²) in [7, 11) is 2.21. The molecule has 0 aliphatic carbocycles. The van der Waals surface area contributed by atoms with E-state index in [0.717, 1.165) is 0 Å². The van der Waals surface area contributed by atoms with Crippen LogP contribution >= 0.6 is 0 Å². The number of pyridine rings is 1. The van der Waals surface area contributed by atoms with Gasteiger partial charge in [0.15, 0.2) is 0 Å². The molecule has 0 amide bonds. The van der Waals surface area contributed by atoms with Crippen LogP contribution in [0.3, 0.4) is 0 Å². The minimum atomic E-state index is 0.334. The Bertz CT molecular complexity index is 305. The van der Waals surface area contributed by atoms with Crippen LogP contribution in [0.2, 0.25) is 0 Å². The summed E-state index contributed by atoms with van der Waals surface area (Å²) in [5, 5.41) is 0. The molecule has 1 saturated heterocycles. The Morgan fingerprint density at radius 2 is 2.29 bits per heavy atom. The molecular formula is C12H18N2. The highest BCUT2D eigenvalue weighted by atomic mass is 15.2. The van der Waals surface area contributed by atoms with Gasteiger partial charge in [0.1, 0.15) is 0 Å². The van der Waals surface area contributed by atoms with E-state index in [1.165, 1.54) is 18.4 Å². The lowest BCUT2D eigenvalue weighted by molar-refractivity contribution is 0.169. The van der Waals surface area contributed by atoms with Crippen LogP contribution in [-0.2, 0) is 0 Å². The Kier molecular flexibility index (Phi) is 2.31. The van der Waals surface area contributed by atoms with Crippen LogP contribution in [0.4, 0.5) is 0 Å². The third-order valence-corrected chi connectivity index (χ3v) is 3.52. The number of nitrogens with zero attached hydrogens (tertiary/aromatic N) is 2. The summed E-state index contributed by atoms with van der Waals surface area (Å²) in [5.74, 6) is 0. The second-order valence-corrected chi connectivity index (χ2v) is 4.76. The Morgan fingerprint density at radius 3 is 2.79 bits per heavy atom. The lowest BCUT2D eigenvalue weighted by atomic mass is 10.0. The van der Waals surface area contributed by atoms with Crippen LogP contribution in [-0.4, -0.2) is 22.5 Å². The molecule has 0 saturated carbocycles. The van der Waals surface area contributed by atoms with Crippen molar-refractivity contribution < 1.29 is 0 Å².